The van der Waals surface area contributed by atoms with Gasteiger partial charge < -0.3 is 20.9 Å². The number of thiophene rings is 1. The summed E-state index contributed by atoms with van der Waals surface area (Å²) in [7, 11) is 0. The summed E-state index contributed by atoms with van der Waals surface area (Å²) in [6.07, 6.45) is 4.43. The van der Waals surface area contributed by atoms with Gasteiger partial charge in [-0.2, -0.15) is 0 Å². The van der Waals surface area contributed by atoms with Crippen LogP contribution >= 0.6 is 11.3 Å². The molecule has 7 nitrogen and oxygen atoms in total. The highest BCUT2D eigenvalue weighted by molar-refractivity contribution is 7.13. The van der Waals surface area contributed by atoms with Crippen molar-refractivity contribution in [2.24, 2.45) is 0 Å². The Morgan fingerprint density at radius 2 is 1.52 bits per heavy atom. The van der Waals surface area contributed by atoms with E-state index in [-0.39, 0.29) is 24.4 Å². The van der Waals surface area contributed by atoms with E-state index in [1.807, 2.05) is 17.9 Å². The molecule has 2 aromatic rings. The van der Waals surface area contributed by atoms with Crippen LogP contribution in [0, 0.1) is 6.92 Å². The first-order chi connectivity index (χ1) is 14.0. The van der Waals surface area contributed by atoms with Crippen molar-refractivity contribution in [3.63, 3.8) is 0 Å². The molecule has 1 aliphatic rings. The lowest BCUT2D eigenvalue weighted by Crippen LogP contribution is -2.35. The number of likely N-dealkylation sites (tertiary alicyclic amines) is 1. The van der Waals surface area contributed by atoms with Crippen LogP contribution in [-0.2, 0) is 4.79 Å². The normalized spacial score (nSPS) is 14.0. The number of nitrogens with one attached hydrogen (secondary N) is 3. The number of benzene rings is 1. The van der Waals surface area contributed by atoms with Gasteiger partial charge in [-0.1, -0.05) is 12.8 Å². The molecule has 1 aromatic carbocycles. The highest BCUT2D eigenvalue weighted by Gasteiger charge is 2.15. The quantitative estimate of drug-likeness (QED) is 0.694. The molecular formula is C21H26N4O3S. The molecule has 0 radical (unpaired) electrons. The molecule has 0 bridgehead atoms. The van der Waals surface area contributed by atoms with Crippen molar-refractivity contribution in [2.45, 2.75) is 32.6 Å². The number of carbonyl (C=O) groups is 3. The molecule has 0 saturated carbocycles. The van der Waals surface area contributed by atoms with Crippen LogP contribution in [0.4, 0.5) is 16.2 Å². The van der Waals surface area contributed by atoms with Gasteiger partial charge >= 0.3 is 6.03 Å². The second kappa shape index (κ2) is 10.1. The predicted octanol–water partition coefficient (Wildman–Crippen LogP) is 3.83. The number of nitrogens with zero attached hydrogens (tertiary/aromatic N) is 1. The van der Waals surface area contributed by atoms with Crippen molar-refractivity contribution in [3.8, 4) is 0 Å². The van der Waals surface area contributed by atoms with E-state index in [1.165, 1.54) is 24.2 Å². The minimum Gasteiger partial charge on any atom is -0.342 e. The van der Waals surface area contributed by atoms with Crippen molar-refractivity contribution in [3.05, 3.63) is 46.2 Å². The van der Waals surface area contributed by atoms with E-state index in [4.69, 9.17) is 0 Å². The van der Waals surface area contributed by atoms with Gasteiger partial charge in [-0.05, 0) is 56.2 Å². The number of anilines is 2. The van der Waals surface area contributed by atoms with E-state index in [0.29, 0.717) is 16.3 Å². The van der Waals surface area contributed by atoms with Gasteiger partial charge in [-0.3, -0.25) is 9.59 Å². The third kappa shape index (κ3) is 6.32. The van der Waals surface area contributed by atoms with E-state index < -0.39 is 0 Å². The lowest BCUT2D eigenvalue weighted by molar-refractivity contribution is -0.115. The van der Waals surface area contributed by atoms with Gasteiger partial charge in [0, 0.05) is 29.3 Å². The first kappa shape index (κ1) is 20.9. The van der Waals surface area contributed by atoms with E-state index in [0.717, 1.165) is 30.8 Å². The largest absolute Gasteiger partial charge is 0.342 e. The molecule has 1 saturated heterocycles. The maximum absolute atomic E-state index is 12.4. The molecule has 0 unspecified atom stereocenters. The van der Waals surface area contributed by atoms with Gasteiger partial charge in [0.2, 0.25) is 5.91 Å². The molecule has 0 aliphatic carbocycles. The number of rotatable bonds is 5. The Hall–Kier alpha value is -2.87. The van der Waals surface area contributed by atoms with Gasteiger partial charge in [0.15, 0.2) is 0 Å². The van der Waals surface area contributed by atoms with Crippen molar-refractivity contribution in [1.29, 1.82) is 0 Å². The maximum Gasteiger partial charge on any atom is 0.321 e. The average Bonchev–Trinajstić information content (AvgIpc) is 2.97. The molecule has 4 amide bonds. The van der Waals surface area contributed by atoms with Crippen LogP contribution in [0.25, 0.3) is 0 Å². The molecule has 1 aliphatic heterocycles. The fourth-order valence-electron chi connectivity index (χ4n) is 3.12. The van der Waals surface area contributed by atoms with Crippen LogP contribution < -0.4 is 16.0 Å². The molecule has 0 atom stereocenters. The van der Waals surface area contributed by atoms with Crippen LogP contribution in [0.3, 0.4) is 0 Å². The summed E-state index contributed by atoms with van der Waals surface area (Å²) in [5, 5.41) is 8.24. The predicted molar refractivity (Wildman–Crippen MR) is 116 cm³/mol. The minimum atomic E-state index is -0.312. The highest BCUT2D eigenvalue weighted by atomic mass is 32.1. The van der Waals surface area contributed by atoms with Gasteiger partial charge in [0.05, 0.1) is 11.4 Å². The molecule has 154 valence electrons. The Labute approximate surface area is 174 Å². The number of amides is 4. The topological polar surface area (TPSA) is 90.5 Å². The fraction of sp³-hybridized carbons (Fsp3) is 0.381. The zero-order valence-corrected chi connectivity index (χ0v) is 17.3. The summed E-state index contributed by atoms with van der Waals surface area (Å²) in [6, 6.07) is 10.5. The Bertz CT molecular complexity index is 855. The van der Waals surface area contributed by atoms with Crippen molar-refractivity contribution >= 4 is 40.6 Å². The fourth-order valence-corrected chi connectivity index (χ4v) is 3.91. The molecule has 1 aromatic heterocycles. The number of hydrogen-bond donors (Lipinski definition) is 3. The monoisotopic (exact) mass is 414 g/mol. The molecule has 2 heterocycles. The van der Waals surface area contributed by atoms with Crippen molar-refractivity contribution in [2.75, 3.05) is 30.3 Å². The highest BCUT2D eigenvalue weighted by Crippen LogP contribution is 2.16. The molecular weight excluding hydrogens is 388 g/mol. The van der Waals surface area contributed by atoms with Crippen LogP contribution in [0.15, 0.2) is 36.4 Å². The van der Waals surface area contributed by atoms with Gasteiger partial charge in [0.25, 0.3) is 5.91 Å². The average molecular weight is 415 g/mol. The number of urea groups is 1. The van der Waals surface area contributed by atoms with Crippen LogP contribution in [0.1, 0.15) is 40.2 Å². The Balaban J connectivity index is 1.45. The Morgan fingerprint density at radius 1 is 0.897 bits per heavy atom. The third-order valence-corrected chi connectivity index (χ3v) is 5.69. The first-order valence-electron chi connectivity index (χ1n) is 9.82. The Kier molecular flexibility index (Phi) is 7.24. The van der Waals surface area contributed by atoms with E-state index in [9.17, 15) is 14.4 Å². The number of carbonyl (C=O) groups excluding carboxylic acids is 3. The standard InChI is InChI=1S/C21H26N4O3S/c1-15-6-11-18(29-15)20(27)22-14-19(26)23-16-7-9-17(10-8-16)24-21(28)25-12-4-2-3-5-13-25/h6-11H,2-5,12-14H2,1H3,(H,22,27)(H,23,26)(H,24,28). The molecule has 1 fully saturated rings. The van der Waals surface area contributed by atoms with Crippen LogP contribution in [0.5, 0.6) is 0 Å². The summed E-state index contributed by atoms with van der Waals surface area (Å²) in [5.74, 6) is -0.571. The summed E-state index contributed by atoms with van der Waals surface area (Å²) in [5.41, 5.74) is 1.28. The van der Waals surface area contributed by atoms with E-state index >= 15 is 0 Å². The van der Waals surface area contributed by atoms with Crippen LogP contribution in [0.2, 0.25) is 0 Å². The summed E-state index contributed by atoms with van der Waals surface area (Å²) in [6.45, 7) is 3.39. The SMILES string of the molecule is Cc1ccc(C(=O)NCC(=O)Nc2ccc(NC(=O)N3CCCCCC3)cc2)s1. The van der Waals surface area contributed by atoms with Crippen molar-refractivity contribution in [1.82, 2.24) is 10.2 Å². The van der Waals surface area contributed by atoms with Crippen molar-refractivity contribution < 1.29 is 14.4 Å². The van der Waals surface area contributed by atoms with Gasteiger partial charge in [0.1, 0.15) is 0 Å². The maximum atomic E-state index is 12.4. The molecule has 3 rings (SSSR count). The first-order valence-corrected chi connectivity index (χ1v) is 10.6. The molecule has 3 N–H and O–H groups in total. The zero-order chi connectivity index (χ0) is 20.6. The lowest BCUT2D eigenvalue weighted by atomic mass is 10.2. The van der Waals surface area contributed by atoms with Gasteiger partial charge in [-0.25, -0.2) is 4.79 Å². The third-order valence-electron chi connectivity index (χ3n) is 4.69. The summed E-state index contributed by atoms with van der Waals surface area (Å²) in [4.78, 5) is 39.9. The minimum absolute atomic E-state index is 0.0878. The lowest BCUT2D eigenvalue weighted by Gasteiger charge is -2.20. The molecule has 8 heteroatoms. The smallest absolute Gasteiger partial charge is 0.321 e. The second-order valence-electron chi connectivity index (χ2n) is 7.05. The zero-order valence-electron chi connectivity index (χ0n) is 16.5. The second-order valence-corrected chi connectivity index (χ2v) is 8.34. The molecule has 29 heavy (non-hydrogen) atoms. The molecule has 0 spiro atoms. The Morgan fingerprint density at radius 3 is 2.10 bits per heavy atom. The number of aryl methyl sites for hydroxylation is 1. The summed E-state index contributed by atoms with van der Waals surface area (Å²) >= 11 is 1.39. The number of hydrogen-bond acceptors (Lipinski definition) is 4. The van der Waals surface area contributed by atoms with E-state index in [1.54, 1.807) is 30.3 Å². The van der Waals surface area contributed by atoms with Gasteiger partial charge in [-0.15, -0.1) is 11.3 Å². The summed E-state index contributed by atoms with van der Waals surface area (Å²) < 4.78 is 0. The van der Waals surface area contributed by atoms with E-state index in [2.05, 4.69) is 16.0 Å². The van der Waals surface area contributed by atoms with Crippen LogP contribution in [-0.4, -0.2) is 42.4 Å².